The van der Waals surface area contributed by atoms with Gasteiger partial charge in [0.05, 0.1) is 16.2 Å². The molecule has 0 fully saturated rings. The van der Waals surface area contributed by atoms with Gasteiger partial charge in [-0.2, -0.15) is 0 Å². The lowest BCUT2D eigenvalue weighted by atomic mass is 10.0. The molecule has 0 radical (unpaired) electrons. The van der Waals surface area contributed by atoms with Crippen LogP contribution in [0.3, 0.4) is 0 Å². The second-order valence-corrected chi connectivity index (χ2v) is 6.95. The van der Waals surface area contributed by atoms with E-state index in [0.717, 1.165) is 0 Å². The second kappa shape index (κ2) is 6.82. The first-order valence-corrected chi connectivity index (χ1v) is 9.05. The fourth-order valence-corrected chi connectivity index (χ4v) is 3.69. The number of benzene rings is 1. The van der Waals surface area contributed by atoms with E-state index >= 15 is 0 Å². The number of aromatic hydroxyl groups is 1. The fourth-order valence-electron chi connectivity index (χ4n) is 2.79. The SMILES string of the molecule is O=C(NC(c1ccco1)c1cc(Cl)c2cccnc2c1O)c1cccs1. The quantitative estimate of drug-likeness (QED) is 0.531. The maximum absolute atomic E-state index is 12.6. The number of furan rings is 1. The number of carbonyl (C=O) groups excluding carboxylic acids is 1. The van der Waals surface area contributed by atoms with E-state index in [1.807, 2.05) is 5.38 Å². The largest absolute Gasteiger partial charge is 0.505 e. The molecule has 0 saturated carbocycles. The number of thiophene rings is 1. The third-order valence-corrected chi connectivity index (χ3v) is 5.19. The predicted molar refractivity (Wildman–Crippen MR) is 101 cm³/mol. The van der Waals surface area contributed by atoms with Gasteiger partial charge in [0.2, 0.25) is 0 Å². The molecule has 1 atom stereocenters. The second-order valence-electron chi connectivity index (χ2n) is 5.59. The first-order chi connectivity index (χ1) is 12.6. The molecular formula is C19H13ClN2O3S. The van der Waals surface area contributed by atoms with Crippen molar-refractivity contribution in [3.8, 4) is 5.75 Å². The van der Waals surface area contributed by atoms with Crippen molar-refractivity contribution in [3.63, 3.8) is 0 Å². The van der Waals surface area contributed by atoms with Crippen molar-refractivity contribution in [2.24, 2.45) is 0 Å². The van der Waals surface area contributed by atoms with Crippen LogP contribution in [0.25, 0.3) is 10.9 Å². The normalized spacial score (nSPS) is 12.2. The number of halogens is 1. The number of carbonyl (C=O) groups is 1. The molecule has 4 rings (SSSR count). The van der Waals surface area contributed by atoms with Gasteiger partial charge in [-0.25, -0.2) is 0 Å². The zero-order valence-corrected chi connectivity index (χ0v) is 14.9. The van der Waals surface area contributed by atoms with E-state index in [1.165, 1.54) is 17.6 Å². The van der Waals surface area contributed by atoms with Crippen molar-refractivity contribution < 1.29 is 14.3 Å². The van der Waals surface area contributed by atoms with E-state index in [2.05, 4.69) is 10.3 Å². The minimum atomic E-state index is -0.705. The molecule has 0 bridgehead atoms. The Morgan fingerprint density at radius 2 is 2.15 bits per heavy atom. The molecule has 26 heavy (non-hydrogen) atoms. The Morgan fingerprint density at radius 1 is 1.27 bits per heavy atom. The van der Waals surface area contributed by atoms with Crippen LogP contribution in [-0.2, 0) is 0 Å². The number of pyridine rings is 1. The van der Waals surface area contributed by atoms with Gasteiger partial charge in [-0.1, -0.05) is 17.7 Å². The molecule has 0 aliphatic rings. The van der Waals surface area contributed by atoms with Gasteiger partial charge in [-0.15, -0.1) is 11.3 Å². The van der Waals surface area contributed by atoms with Crippen molar-refractivity contribution in [2.75, 3.05) is 0 Å². The number of nitrogens with one attached hydrogen (secondary N) is 1. The minimum absolute atomic E-state index is 0.0436. The fraction of sp³-hybridized carbons (Fsp3) is 0.0526. The molecule has 1 amide bonds. The summed E-state index contributed by atoms with van der Waals surface area (Å²) < 4.78 is 5.49. The number of rotatable bonds is 4. The molecular weight excluding hydrogens is 372 g/mol. The zero-order valence-electron chi connectivity index (χ0n) is 13.3. The number of phenols is 1. The van der Waals surface area contributed by atoms with Crippen LogP contribution in [0.1, 0.15) is 27.0 Å². The first kappa shape index (κ1) is 16.6. The van der Waals surface area contributed by atoms with Crippen LogP contribution in [-0.4, -0.2) is 16.0 Å². The molecule has 3 aromatic heterocycles. The maximum atomic E-state index is 12.6. The van der Waals surface area contributed by atoms with Crippen molar-refractivity contribution in [2.45, 2.75) is 6.04 Å². The molecule has 0 aliphatic heterocycles. The van der Waals surface area contributed by atoms with Gasteiger partial charge in [0.15, 0.2) is 0 Å². The summed E-state index contributed by atoms with van der Waals surface area (Å²) in [6.07, 6.45) is 3.09. The van der Waals surface area contributed by atoms with Gasteiger partial charge >= 0.3 is 0 Å². The summed E-state index contributed by atoms with van der Waals surface area (Å²) in [4.78, 5) is 17.4. The summed E-state index contributed by atoms with van der Waals surface area (Å²) >= 11 is 7.72. The van der Waals surface area contributed by atoms with Gasteiger partial charge in [-0.3, -0.25) is 9.78 Å². The van der Waals surface area contributed by atoms with Crippen LogP contribution in [0, 0.1) is 0 Å². The van der Waals surface area contributed by atoms with Crippen LogP contribution in [0.4, 0.5) is 0 Å². The highest BCUT2D eigenvalue weighted by atomic mass is 35.5. The highest BCUT2D eigenvalue weighted by Crippen LogP contribution is 2.38. The topological polar surface area (TPSA) is 75.4 Å². The third-order valence-electron chi connectivity index (χ3n) is 4.00. The summed E-state index contributed by atoms with van der Waals surface area (Å²) in [6, 6.07) is 11.4. The molecule has 3 heterocycles. The van der Waals surface area contributed by atoms with E-state index in [4.69, 9.17) is 16.0 Å². The number of nitrogens with zero attached hydrogens (tertiary/aromatic N) is 1. The molecule has 130 valence electrons. The Bertz CT molecular complexity index is 1060. The lowest BCUT2D eigenvalue weighted by molar-refractivity contribution is 0.0943. The Kier molecular flexibility index (Phi) is 4.36. The molecule has 1 unspecified atom stereocenters. The number of aromatic nitrogens is 1. The number of hydrogen-bond acceptors (Lipinski definition) is 5. The number of amides is 1. The summed E-state index contributed by atoms with van der Waals surface area (Å²) in [6.45, 7) is 0. The molecule has 1 aromatic carbocycles. The first-order valence-electron chi connectivity index (χ1n) is 7.79. The predicted octanol–water partition coefficient (Wildman–Crippen LogP) is 4.77. The lowest BCUT2D eigenvalue weighted by Crippen LogP contribution is -2.28. The van der Waals surface area contributed by atoms with E-state index in [-0.39, 0.29) is 11.7 Å². The molecule has 2 N–H and O–H groups in total. The molecule has 7 heteroatoms. The van der Waals surface area contributed by atoms with Gasteiger partial charge in [-0.05, 0) is 41.8 Å². The maximum Gasteiger partial charge on any atom is 0.262 e. The Labute approximate surface area is 157 Å². The van der Waals surface area contributed by atoms with Crippen molar-refractivity contribution in [1.29, 1.82) is 0 Å². The van der Waals surface area contributed by atoms with Gasteiger partial charge in [0.1, 0.15) is 23.1 Å². The van der Waals surface area contributed by atoms with Crippen LogP contribution in [0.15, 0.2) is 64.7 Å². The Balaban J connectivity index is 1.83. The lowest BCUT2D eigenvalue weighted by Gasteiger charge is -2.19. The summed E-state index contributed by atoms with van der Waals surface area (Å²) in [5.74, 6) is 0.174. The Morgan fingerprint density at radius 3 is 2.88 bits per heavy atom. The summed E-state index contributed by atoms with van der Waals surface area (Å²) in [5, 5.41) is 16.6. The van der Waals surface area contributed by atoms with Crippen LogP contribution < -0.4 is 5.32 Å². The van der Waals surface area contributed by atoms with Crippen molar-refractivity contribution >= 4 is 39.7 Å². The minimum Gasteiger partial charge on any atom is -0.505 e. The average Bonchev–Trinajstić information content (AvgIpc) is 3.37. The molecule has 5 nitrogen and oxygen atoms in total. The average molecular weight is 385 g/mol. The Hall–Kier alpha value is -2.83. The van der Waals surface area contributed by atoms with Gasteiger partial charge < -0.3 is 14.8 Å². The van der Waals surface area contributed by atoms with E-state index < -0.39 is 6.04 Å². The number of hydrogen-bond donors (Lipinski definition) is 2. The third kappa shape index (κ3) is 2.94. The smallest absolute Gasteiger partial charge is 0.262 e. The van der Waals surface area contributed by atoms with Crippen molar-refractivity contribution in [3.05, 3.63) is 81.5 Å². The van der Waals surface area contributed by atoms with Crippen LogP contribution >= 0.6 is 22.9 Å². The van der Waals surface area contributed by atoms with E-state index in [0.29, 0.717) is 32.1 Å². The standard InChI is InChI=1S/C19H13ClN2O3S/c20-13-10-12(18(23)17-11(13)4-1-7-21-17)16(14-5-2-8-25-14)22-19(24)15-6-3-9-26-15/h1-10,16,23H,(H,22,24). The highest BCUT2D eigenvalue weighted by Gasteiger charge is 2.26. The van der Waals surface area contributed by atoms with Gasteiger partial charge in [0, 0.05) is 17.1 Å². The summed E-state index contributed by atoms with van der Waals surface area (Å²) in [7, 11) is 0. The van der Waals surface area contributed by atoms with Gasteiger partial charge in [0.25, 0.3) is 5.91 Å². The van der Waals surface area contributed by atoms with Crippen molar-refractivity contribution in [1.82, 2.24) is 10.3 Å². The summed E-state index contributed by atoms with van der Waals surface area (Å²) in [5.41, 5.74) is 0.790. The zero-order chi connectivity index (χ0) is 18.1. The molecule has 0 aliphatic carbocycles. The molecule has 0 spiro atoms. The van der Waals surface area contributed by atoms with Crippen LogP contribution in [0.2, 0.25) is 5.02 Å². The monoisotopic (exact) mass is 384 g/mol. The molecule has 0 saturated heterocycles. The molecule has 4 aromatic rings. The number of phenolic OH excluding ortho intramolecular Hbond substituents is 1. The van der Waals surface area contributed by atoms with E-state index in [1.54, 1.807) is 48.7 Å². The van der Waals surface area contributed by atoms with Crippen LogP contribution in [0.5, 0.6) is 5.75 Å². The van der Waals surface area contributed by atoms with E-state index in [9.17, 15) is 9.90 Å². The number of fused-ring (bicyclic) bond motifs is 1. The highest BCUT2D eigenvalue weighted by molar-refractivity contribution is 7.12.